The van der Waals surface area contributed by atoms with Crippen LogP contribution in [0, 0.1) is 0 Å². The summed E-state index contributed by atoms with van der Waals surface area (Å²) in [6, 6.07) is 18.5. The normalized spacial score (nSPS) is 15.0. The number of hydrogen-bond acceptors (Lipinski definition) is 6. The van der Waals surface area contributed by atoms with Gasteiger partial charge in [0.2, 0.25) is 10.0 Å². The summed E-state index contributed by atoms with van der Waals surface area (Å²) in [6.45, 7) is 0.904. The third kappa shape index (κ3) is 4.66. The van der Waals surface area contributed by atoms with Crippen LogP contribution in [0.3, 0.4) is 0 Å². The van der Waals surface area contributed by atoms with Crippen molar-refractivity contribution in [3.63, 3.8) is 0 Å². The number of carbonyl (C=O) groups is 2. The van der Waals surface area contributed by atoms with Crippen molar-refractivity contribution in [2.24, 2.45) is 0 Å². The lowest BCUT2D eigenvalue weighted by molar-refractivity contribution is 0.0474. The van der Waals surface area contributed by atoms with E-state index >= 15 is 0 Å². The Hall–Kier alpha value is -3.07. The van der Waals surface area contributed by atoms with Crippen LogP contribution >= 0.6 is 0 Å². The Kier molecular flexibility index (Phi) is 6.13. The third-order valence-corrected chi connectivity index (χ3v) is 7.02. The summed E-state index contributed by atoms with van der Waals surface area (Å²) in [6.07, 6.45) is 0. The van der Waals surface area contributed by atoms with Crippen LogP contribution in [0.25, 0.3) is 10.8 Å². The number of hydrogen-bond donors (Lipinski definition) is 0. The van der Waals surface area contributed by atoms with Crippen LogP contribution in [-0.2, 0) is 19.5 Å². The zero-order valence-electron chi connectivity index (χ0n) is 16.7. The van der Waals surface area contributed by atoms with E-state index in [1.165, 1.54) is 28.6 Å². The molecule has 1 heterocycles. The molecule has 0 aliphatic carbocycles. The molecule has 0 unspecified atom stereocenters. The molecule has 0 N–H and O–H groups in total. The Morgan fingerprint density at radius 1 is 0.871 bits per heavy atom. The molecule has 160 valence electrons. The number of ketones is 1. The largest absolute Gasteiger partial charge is 0.454 e. The minimum Gasteiger partial charge on any atom is -0.454 e. The minimum atomic E-state index is -3.64. The first-order valence-electron chi connectivity index (χ1n) is 9.82. The van der Waals surface area contributed by atoms with Crippen molar-refractivity contribution in [3.05, 3.63) is 77.9 Å². The van der Waals surface area contributed by atoms with Gasteiger partial charge in [-0.1, -0.05) is 36.4 Å². The van der Waals surface area contributed by atoms with Gasteiger partial charge in [-0.05, 0) is 41.1 Å². The summed E-state index contributed by atoms with van der Waals surface area (Å²) in [5.41, 5.74) is 0.630. The van der Waals surface area contributed by atoms with Gasteiger partial charge in [-0.15, -0.1) is 0 Å². The molecule has 0 aromatic heterocycles. The van der Waals surface area contributed by atoms with Crippen LogP contribution in [0.15, 0.2) is 71.6 Å². The van der Waals surface area contributed by atoms with Crippen molar-refractivity contribution in [1.29, 1.82) is 0 Å². The molecule has 3 aromatic rings. The second-order valence-corrected chi connectivity index (χ2v) is 9.04. The lowest BCUT2D eigenvalue weighted by Gasteiger charge is -2.26. The fourth-order valence-electron chi connectivity index (χ4n) is 3.36. The standard InChI is InChI=1S/C23H21NO6S/c25-22(20-6-5-17-3-1-2-4-19(17)15-20)16-30-23(26)18-7-9-21(10-8-18)31(27,28)24-11-13-29-14-12-24/h1-10,15H,11-14,16H2. The monoisotopic (exact) mass is 439 g/mol. The van der Waals surface area contributed by atoms with Gasteiger partial charge >= 0.3 is 5.97 Å². The van der Waals surface area contributed by atoms with Crippen LogP contribution in [0.1, 0.15) is 20.7 Å². The van der Waals surface area contributed by atoms with Crippen LogP contribution in [-0.4, -0.2) is 57.4 Å². The van der Waals surface area contributed by atoms with Crippen molar-refractivity contribution in [1.82, 2.24) is 4.31 Å². The molecule has 31 heavy (non-hydrogen) atoms. The van der Waals surface area contributed by atoms with Crippen molar-refractivity contribution in [2.75, 3.05) is 32.9 Å². The summed E-state index contributed by atoms with van der Waals surface area (Å²) in [7, 11) is -3.64. The molecule has 0 amide bonds. The first-order chi connectivity index (χ1) is 14.9. The van der Waals surface area contributed by atoms with Gasteiger partial charge in [-0.2, -0.15) is 4.31 Å². The molecule has 1 fully saturated rings. The molecular formula is C23H21NO6S. The van der Waals surface area contributed by atoms with Gasteiger partial charge in [-0.25, -0.2) is 13.2 Å². The van der Waals surface area contributed by atoms with Crippen molar-refractivity contribution >= 4 is 32.5 Å². The number of morpholine rings is 1. The highest BCUT2D eigenvalue weighted by molar-refractivity contribution is 7.89. The van der Waals surface area contributed by atoms with E-state index in [1.807, 2.05) is 30.3 Å². The predicted octanol–water partition coefficient (Wildman–Crippen LogP) is 2.90. The van der Waals surface area contributed by atoms with Gasteiger partial charge in [-0.3, -0.25) is 4.79 Å². The van der Waals surface area contributed by atoms with Crippen molar-refractivity contribution in [3.8, 4) is 0 Å². The van der Waals surface area contributed by atoms with Gasteiger partial charge in [0.25, 0.3) is 0 Å². The summed E-state index contributed by atoms with van der Waals surface area (Å²) < 4.78 is 37.0. The zero-order valence-corrected chi connectivity index (χ0v) is 17.5. The van der Waals surface area contributed by atoms with Crippen LogP contribution in [0.5, 0.6) is 0 Å². The van der Waals surface area contributed by atoms with E-state index in [0.29, 0.717) is 31.9 Å². The Balaban J connectivity index is 1.39. The maximum Gasteiger partial charge on any atom is 0.338 e. The molecular weight excluding hydrogens is 418 g/mol. The van der Waals surface area contributed by atoms with Crippen LogP contribution < -0.4 is 0 Å². The Bertz CT molecular complexity index is 1210. The zero-order chi connectivity index (χ0) is 21.8. The van der Waals surface area contributed by atoms with E-state index in [9.17, 15) is 18.0 Å². The van der Waals surface area contributed by atoms with E-state index in [-0.39, 0.29) is 16.2 Å². The molecule has 4 rings (SSSR count). The van der Waals surface area contributed by atoms with Gasteiger partial charge in [0.15, 0.2) is 12.4 Å². The maximum atomic E-state index is 12.6. The topological polar surface area (TPSA) is 90.0 Å². The minimum absolute atomic E-state index is 0.0955. The average molecular weight is 439 g/mol. The summed E-state index contributed by atoms with van der Waals surface area (Å²) in [4.78, 5) is 24.8. The number of rotatable bonds is 6. The highest BCUT2D eigenvalue weighted by Gasteiger charge is 2.26. The molecule has 7 nitrogen and oxygen atoms in total. The van der Waals surface area contributed by atoms with Gasteiger partial charge in [0, 0.05) is 18.7 Å². The van der Waals surface area contributed by atoms with E-state index < -0.39 is 22.6 Å². The molecule has 0 spiro atoms. The summed E-state index contributed by atoms with van der Waals surface area (Å²) >= 11 is 0. The Morgan fingerprint density at radius 3 is 2.23 bits per heavy atom. The second kappa shape index (κ2) is 8.97. The number of esters is 1. The lowest BCUT2D eigenvalue weighted by atomic mass is 10.0. The number of carbonyl (C=O) groups excluding carboxylic acids is 2. The number of sulfonamides is 1. The predicted molar refractivity (Wildman–Crippen MR) is 115 cm³/mol. The van der Waals surface area contributed by atoms with Crippen LogP contribution in [0.4, 0.5) is 0 Å². The smallest absolute Gasteiger partial charge is 0.338 e. The molecule has 1 aliphatic rings. The first kappa shape index (κ1) is 21.2. The van der Waals surface area contributed by atoms with Gasteiger partial charge < -0.3 is 9.47 Å². The molecule has 8 heteroatoms. The van der Waals surface area contributed by atoms with E-state index in [0.717, 1.165) is 10.8 Å². The molecule has 1 saturated heterocycles. The van der Waals surface area contributed by atoms with Crippen molar-refractivity contribution < 1.29 is 27.5 Å². The number of ether oxygens (including phenoxy) is 2. The third-order valence-electron chi connectivity index (χ3n) is 5.10. The Labute approximate surface area is 180 Å². The molecule has 0 atom stereocenters. The molecule has 0 bridgehead atoms. The molecule has 3 aromatic carbocycles. The van der Waals surface area contributed by atoms with E-state index in [4.69, 9.17) is 9.47 Å². The lowest BCUT2D eigenvalue weighted by Crippen LogP contribution is -2.40. The summed E-state index contributed by atoms with van der Waals surface area (Å²) in [5, 5.41) is 1.94. The van der Waals surface area contributed by atoms with Crippen LogP contribution in [0.2, 0.25) is 0 Å². The van der Waals surface area contributed by atoms with Crippen molar-refractivity contribution in [2.45, 2.75) is 4.90 Å². The van der Waals surface area contributed by atoms with E-state index in [2.05, 4.69) is 0 Å². The van der Waals surface area contributed by atoms with Gasteiger partial charge in [0.05, 0.1) is 23.7 Å². The number of Topliss-reactive ketones (excluding diaryl/α,β-unsaturated/α-hetero) is 1. The highest BCUT2D eigenvalue weighted by Crippen LogP contribution is 2.19. The molecule has 0 radical (unpaired) electrons. The first-order valence-corrected chi connectivity index (χ1v) is 11.3. The number of nitrogens with zero attached hydrogens (tertiary/aromatic N) is 1. The fourth-order valence-corrected chi connectivity index (χ4v) is 4.77. The van der Waals surface area contributed by atoms with E-state index in [1.54, 1.807) is 12.1 Å². The molecule has 1 aliphatic heterocycles. The Morgan fingerprint density at radius 2 is 1.52 bits per heavy atom. The summed E-state index contributed by atoms with van der Waals surface area (Å²) in [5.74, 6) is -1.00. The average Bonchev–Trinajstić information content (AvgIpc) is 2.82. The SMILES string of the molecule is O=C(COC(=O)c1ccc(S(=O)(=O)N2CCOCC2)cc1)c1ccc2ccccc2c1. The second-order valence-electron chi connectivity index (χ2n) is 7.10. The number of fused-ring (bicyclic) bond motifs is 1. The fraction of sp³-hybridized carbons (Fsp3) is 0.217. The number of benzene rings is 3. The maximum absolute atomic E-state index is 12.6. The quantitative estimate of drug-likeness (QED) is 0.433. The highest BCUT2D eigenvalue weighted by atomic mass is 32.2. The molecule has 0 saturated carbocycles. The van der Waals surface area contributed by atoms with Gasteiger partial charge in [0.1, 0.15) is 0 Å².